The second-order valence-corrected chi connectivity index (χ2v) is 5.99. The molecule has 0 spiro atoms. The van der Waals surface area contributed by atoms with Gasteiger partial charge in [0, 0.05) is 25.3 Å². The van der Waals surface area contributed by atoms with Gasteiger partial charge < -0.3 is 20.3 Å². The van der Waals surface area contributed by atoms with E-state index in [0.717, 1.165) is 16.9 Å². The van der Waals surface area contributed by atoms with Gasteiger partial charge in [-0.05, 0) is 24.6 Å². The van der Waals surface area contributed by atoms with Crippen molar-refractivity contribution in [2.24, 2.45) is 0 Å². The number of nitrogens with one attached hydrogen (secondary N) is 2. The van der Waals surface area contributed by atoms with Crippen molar-refractivity contribution in [1.29, 1.82) is 0 Å². The number of amides is 2. The number of likely N-dealkylation sites (N-methyl/N-ethyl adjacent to an activating group) is 1. The Morgan fingerprint density at radius 3 is 2.76 bits per heavy atom. The number of hydrogen-bond acceptors (Lipinski definition) is 4. The Bertz CT molecular complexity index is 777. The van der Waals surface area contributed by atoms with Gasteiger partial charge in [-0.15, -0.1) is 0 Å². The molecule has 0 radical (unpaired) electrons. The summed E-state index contributed by atoms with van der Waals surface area (Å²) in [6.45, 7) is 2.32. The van der Waals surface area contributed by atoms with E-state index in [4.69, 9.17) is 4.74 Å². The molecule has 0 aromatic heterocycles. The van der Waals surface area contributed by atoms with Gasteiger partial charge >= 0.3 is 0 Å². The van der Waals surface area contributed by atoms with E-state index in [1.807, 2.05) is 42.5 Å². The van der Waals surface area contributed by atoms with Crippen molar-refractivity contribution in [2.45, 2.75) is 19.5 Å². The van der Waals surface area contributed by atoms with Crippen LogP contribution in [0.15, 0.2) is 48.5 Å². The molecule has 130 valence electrons. The standard InChI is InChI=1S/C19H21N3O3/c1-13(19(24)20-11-14-6-4-3-5-7-14)21-15-8-9-16-17(10-15)25-12-18(23)22(16)2/h3-10,13,21H,11-12H2,1-2H3,(H,20,24)/t13-/m0/s1. The van der Waals surface area contributed by atoms with Crippen LogP contribution >= 0.6 is 0 Å². The summed E-state index contributed by atoms with van der Waals surface area (Å²) in [5.74, 6) is 0.459. The van der Waals surface area contributed by atoms with Crippen molar-refractivity contribution in [3.63, 3.8) is 0 Å². The van der Waals surface area contributed by atoms with Gasteiger partial charge in [-0.2, -0.15) is 0 Å². The third kappa shape index (κ3) is 3.91. The maximum atomic E-state index is 12.2. The molecule has 3 rings (SSSR count). The summed E-state index contributed by atoms with van der Waals surface area (Å²) >= 11 is 0. The molecule has 25 heavy (non-hydrogen) atoms. The van der Waals surface area contributed by atoms with Crippen LogP contribution in [0.1, 0.15) is 12.5 Å². The van der Waals surface area contributed by atoms with Gasteiger partial charge in [0.1, 0.15) is 11.8 Å². The minimum atomic E-state index is -0.398. The Labute approximate surface area is 146 Å². The van der Waals surface area contributed by atoms with Gasteiger partial charge in [-0.1, -0.05) is 30.3 Å². The fourth-order valence-electron chi connectivity index (χ4n) is 2.62. The average Bonchev–Trinajstić information content (AvgIpc) is 2.63. The fraction of sp³-hybridized carbons (Fsp3) is 0.263. The van der Waals surface area contributed by atoms with Gasteiger partial charge in [-0.25, -0.2) is 0 Å². The van der Waals surface area contributed by atoms with Crippen LogP contribution in [-0.4, -0.2) is 31.5 Å². The zero-order valence-corrected chi connectivity index (χ0v) is 14.3. The molecular formula is C19H21N3O3. The van der Waals surface area contributed by atoms with E-state index in [0.29, 0.717) is 12.3 Å². The van der Waals surface area contributed by atoms with Crippen LogP contribution in [0.25, 0.3) is 0 Å². The molecule has 2 aromatic carbocycles. The summed E-state index contributed by atoms with van der Waals surface area (Å²) < 4.78 is 5.46. The summed E-state index contributed by atoms with van der Waals surface area (Å²) in [6.07, 6.45) is 0. The Morgan fingerprint density at radius 2 is 2.00 bits per heavy atom. The highest BCUT2D eigenvalue weighted by Gasteiger charge is 2.22. The topological polar surface area (TPSA) is 70.7 Å². The fourth-order valence-corrected chi connectivity index (χ4v) is 2.62. The van der Waals surface area contributed by atoms with Gasteiger partial charge in [0.2, 0.25) is 5.91 Å². The molecule has 2 amide bonds. The summed E-state index contributed by atoms with van der Waals surface area (Å²) in [7, 11) is 1.72. The lowest BCUT2D eigenvalue weighted by Crippen LogP contribution is -2.37. The van der Waals surface area contributed by atoms with Crippen LogP contribution in [0, 0.1) is 0 Å². The molecule has 1 atom stereocenters. The Balaban J connectivity index is 1.60. The number of rotatable bonds is 5. The number of carbonyl (C=O) groups is 2. The molecule has 0 saturated carbocycles. The maximum Gasteiger partial charge on any atom is 0.264 e. The van der Waals surface area contributed by atoms with Crippen LogP contribution in [0.3, 0.4) is 0 Å². The third-order valence-electron chi connectivity index (χ3n) is 4.13. The Kier molecular flexibility index (Phi) is 4.88. The largest absolute Gasteiger partial charge is 0.481 e. The zero-order chi connectivity index (χ0) is 17.8. The minimum absolute atomic E-state index is 0.0278. The average molecular weight is 339 g/mol. The smallest absolute Gasteiger partial charge is 0.264 e. The zero-order valence-electron chi connectivity index (χ0n) is 14.3. The van der Waals surface area contributed by atoms with Gasteiger partial charge in [0.15, 0.2) is 6.61 Å². The van der Waals surface area contributed by atoms with Crippen LogP contribution in [-0.2, 0) is 16.1 Å². The highest BCUT2D eigenvalue weighted by Crippen LogP contribution is 2.33. The summed E-state index contributed by atoms with van der Waals surface area (Å²) in [5.41, 5.74) is 2.55. The second kappa shape index (κ2) is 7.25. The lowest BCUT2D eigenvalue weighted by Gasteiger charge is -2.26. The molecule has 0 bridgehead atoms. The van der Waals surface area contributed by atoms with Crippen LogP contribution in [0.4, 0.5) is 11.4 Å². The van der Waals surface area contributed by atoms with E-state index < -0.39 is 6.04 Å². The summed E-state index contributed by atoms with van der Waals surface area (Å²) in [4.78, 5) is 25.4. The number of benzene rings is 2. The molecule has 0 saturated heterocycles. The van der Waals surface area contributed by atoms with Gasteiger partial charge in [0.05, 0.1) is 5.69 Å². The molecule has 2 aromatic rings. The molecule has 6 nitrogen and oxygen atoms in total. The predicted octanol–water partition coefficient (Wildman–Crippen LogP) is 2.16. The molecule has 1 aliphatic heterocycles. The molecule has 1 heterocycles. The van der Waals surface area contributed by atoms with Crippen molar-refractivity contribution < 1.29 is 14.3 Å². The highest BCUT2D eigenvalue weighted by atomic mass is 16.5. The van der Waals surface area contributed by atoms with E-state index in [1.165, 1.54) is 0 Å². The first kappa shape index (κ1) is 16.8. The summed E-state index contributed by atoms with van der Waals surface area (Å²) in [6, 6.07) is 14.8. The molecule has 0 fully saturated rings. The monoisotopic (exact) mass is 339 g/mol. The van der Waals surface area contributed by atoms with Crippen LogP contribution < -0.4 is 20.3 Å². The molecule has 1 aliphatic rings. The van der Waals surface area contributed by atoms with Crippen molar-refractivity contribution in [2.75, 3.05) is 23.9 Å². The first-order chi connectivity index (χ1) is 12.0. The molecular weight excluding hydrogens is 318 g/mol. The first-order valence-corrected chi connectivity index (χ1v) is 8.16. The number of hydrogen-bond donors (Lipinski definition) is 2. The van der Waals surface area contributed by atoms with Crippen molar-refractivity contribution in [1.82, 2.24) is 5.32 Å². The summed E-state index contributed by atoms with van der Waals surface area (Å²) in [5, 5.41) is 6.07. The van der Waals surface area contributed by atoms with Crippen molar-refractivity contribution >= 4 is 23.2 Å². The van der Waals surface area contributed by atoms with E-state index in [9.17, 15) is 9.59 Å². The van der Waals surface area contributed by atoms with E-state index in [1.54, 1.807) is 24.9 Å². The number of anilines is 2. The van der Waals surface area contributed by atoms with Gasteiger partial charge in [0.25, 0.3) is 5.91 Å². The second-order valence-electron chi connectivity index (χ2n) is 5.99. The number of fused-ring (bicyclic) bond motifs is 1. The Morgan fingerprint density at radius 1 is 1.24 bits per heavy atom. The molecule has 0 unspecified atom stereocenters. The molecule has 0 aliphatic carbocycles. The lowest BCUT2D eigenvalue weighted by molar-refractivity contribution is -0.122. The van der Waals surface area contributed by atoms with E-state index in [2.05, 4.69) is 10.6 Å². The molecule has 6 heteroatoms. The predicted molar refractivity (Wildman–Crippen MR) is 96.7 cm³/mol. The van der Waals surface area contributed by atoms with Gasteiger partial charge in [-0.3, -0.25) is 9.59 Å². The Hall–Kier alpha value is -3.02. The first-order valence-electron chi connectivity index (χ1n) is 8.16. The van der Waals surface area contributed by atoms with Crippen molar-refractivity contribution in [3.8, 4) is 5.75 Å². The lowest BCUT2D eigenvalue weighted by atomic mass is 10.2. The highest BCUT2D eigenvalue weighted by molar-refractivity contribution is 5.97. The maximum absolute atomic E-state index is 12.2. The quantitative estimate of drug-likeness (QED) is 0.876. The minimum Gasteiger partial charge on any atom is -0.481 e. The third-order valence-corrected chi connectivity index (χ3v) is 4.13. The van der Waals surface area contributed by atoms with Crippen LogP contribution in [0.5, 0.6) is 5.75 Å². The van der Waals surface area contributed by atoms with E-state index >= 15 is 0 Å². The number of ether oxygens (including phenoxy) is 1. The van der Waals surface area contributed by atoms with Crippen LogP contribution in [0.2, 0.25) is 0 Å². The number of nitrogens with zero attached hydrogens (tertiary/aromatic N) is 1. The van der Waals surface area contributed by atoms with Crippen molar-refractivity contribution in [3.05, 3.63) is 54.1 Å². The van der Waals surface area contributed by atoms with E-state index in [-0.39, 0.29) is 18.4 Å². The molecule has 2 N–H and O–H groups in total. The number of carbonyl (C=O) groups excluding carboxylic acids is 2. The SMILES string of the molecule is C[C@H](Nc1ccc2c(c1)OCC(=O)N2C)C(=O)NCc1ccccc1. The normalized spacial score (nSPS) is 14.3.